The van der Waals surface area contributed by atoms with Crippen LogP contribution in [0.15, 0.2) is 35.0 Å². The third-order valence-corrected chi connectivity index (χ3v) is 3.07. The number of nitrogens with zero attached hydrogens (tertiary/aromatic N) is 2. The van der Waals surface area contributed by atoms with Gasteiger partial charge in [-0.3, -0.25) is 9.59 Å². The van der Waals surface area contributed by atoms with E-state index in [0.717, 1.165) is 0 Å². The molecule has 22 heavy (non-hydrogen) atoms. The van der Waals surface area contributed by atoms with E-state index in [0.29, 0.717) is 31.0 Å². The zero-order valence-electron chi connectivity index (χ0n) is 12.6. The second kappa shape index (κ2) is 7.35. The summed E-state index contributed by atoms with van der Waals surface area (Å²) >= 11 is 0. The van der Waals surface area contributed by atoms with Crippen molar-refractivity contribution in [1.82, 2.24) is 15.8 Å². The first-order chi connectivity index (χ1) is 10.6. The number of aromatic nitrogens is 2. The van der Waals surface area contributed by atoms with Crippen LogP contribution < -0.4 is 15.2 Å². The fourth-order valence-electron chi connectivity index (χ4n) is 1.91. The monoisotopic (exact) mass is 303 g/mol. The number of aryl methyl sites for hydroxylation is 2. The van der Waals surface area contributed by atoms with Crippen molar-refractivity contribution in [2.75, 3.05) is 13.1 Å². The molecule has 0 aliphatic rings. The van der Waals surface area contributed by atoms with Crippen LogP contribution in [0.3, 0.4) is 0 Å². The van der Waals surface area contributed by atoms with Crippen molar-refractivity contribution < 1.29 is 18.7 Å². The molecule has 2 rings (SSSR count). The highest BCUT2D eigenvalue weighted by molar-refractivity contribution is 5.92. The fraction of sp³-hybridized carbons (Fsp3) is 0.333. The summed E-state index contributed by atoms with van der Waals surface area (Å²) in [7, 11) is 1.81. The van der Waals surface area contributed by atoms with Gasteiger partial charge in [0.25, 0.3) is 11.6 Å². The molecule has 0 spiro atoms. The zero-order chi connectivity index (χ0) is 15.9. The van der Waals surface area contributed by atoms with Crippen LogP contribution in [-0.2, 0) is 7.05 Å². The standard InChI is InChI=1S/C15H18N4O3/c1-11-10-12(18-22-11)14(20)16-7-5-8-17-15(21)13-6-3-4-9-19(13)2/h3-4,6,9-10H,5,7-8H2,1-2H3,(H-,16,17,20,21)/p+1. The van der Waals surface area contributed by atoms with Crippen LogP contribution in [0.2, 0.25) is 0 Å². The number of pyridine rings is 1. The number of nitrogens with one attached hydrogen (secondary N) is 2. The number of hydrogen-bond acceptors (Lipinski definition) is 4. The minimum atomic E-state index is -0.280. The maximum absolute atomic E-state index is 11.9. The van der Waals surface area contributed by atoms with Crippen molar-refractivity contribution in [3.8, 4) is 0 Å². The number of rotatable bonds is 6. The van der Waals surface area contributed by atoms with Gasteiger partial charge in [-0.1, -0.05) is 5.16 Å². The SMILES string of the molecule is Cc1cc(C(=O)NCCCNC(=O)c2cccc[n+]2C)no1. The van der Waals surface area contributed by atoms with Crippen molar-refractivity contribution in [2.45, 2.75) is 13.3 Å². The fourth-order valence-corrected chi connectivity index (χ4v) is 1.91. The Morgan fingerprint density at radius 2 is 1.95 bits per heavy atom. The lowest BCUT2D eigenvalue weighted by molar-refractivity contribution is -0.673. The number of hydrogen-bond donors (Lipinski definition) is 2. The molecule has 0 radical (unpaired) electrons. The molecule has 0 fully saturated rings. The lowest BCUT2D eigenvalue weighted by Crippen LogP contribution is -2.40. The first-order valence-electron chi connectivity index (χ1n) is 7.02. The van der Waals surface area contributed by atoms with Gasteiger partial charge in [-0.15, -0.1) is 0 Å². The van der Waals surface area contributed by atoms with Crippen LogP contribution in [0.5, 0.6) is 0 Å². The van der Waals surface area contributed by atoms with E-state index in [4.69, 9.17) is 4.52 Å². The summed E-state index contributed by atoms with van der Waals surface area (Å²) in [5.41, 5.74) is 0.849. The number of carbonyl (C=O) groups is 2. The average molecular weight is 303 g/mol. The summed E-state index contributed by atoms with van der Waals surface area (Å²) in [6.07, 6.45) is 2.44. The van der Waals surface area contributed by atoms with E-state index in [1.165, 1.54) is 0 Å². The molecule has 2 amide bonds. The predicted octanol–water partition coefficient (Wildman–Crippen LogP) is 0.357. The highest BCUT2D eigenvalue weighted by Gasteiger charge is 2.14. The molecule has 2 aromatic heterocycles. The van der Waals surface area contributed by atoms with Gasteiger partial charge in [0, 0.05) is 31.3 Å². The second-order valence-electron chi connectivity index (χ2n) is 4.88. The van der Waals surface area contributed by atoms with Crippen LogP contribution >= 0.6 is 0 Å². The highest BCUT2D eigenvalue weighted by Crippen LogP contribution is 2.00. The summed E-state index contributed by atoms with van der Waals surface area (Å²) in [5, 5.41) is 9.16. The third-order valence-electron chi connectivity index (χ3n) is 3.07. The summed E-state index contributed by atoms with van der Waals surface area (Å²) in [4.78, 5) is 23.6. The Hall–Kier alpha value is -2.70. The van der Waals surface area contributed by atoms with Crippen molar-refractivity contribution in [3.63, 3.8) is 0 Å². The average Bonchev–Trinajstić information content (AvgIpc) is 2.93. The molecule has 116 valence electrons. The quantitative estimate of drug-likeness (QED) is 0.595. The molecule has 2 heterocycles. The van der Waals surface area contributed by atoms with Crippen LogP contribution in [0.25, 0.3) is 0 Å². The Labute approximate surface area is 128 Å². The topological polar surface area (TPSA) is 88.1 Å². The summed E-state index contributed by atoms with van der Waals surface area (Å²) in [6, 6.07) is 7.00. The molecule has 7 heteroatoms. The molecule has 0 bridgehead atoms. The molecule has 7 nitrogen and oxygen atoms in total. The van der Waals surface area contributed by atoms with E-state index in [2.05, 4.69) is 15.8 Å². The van der Waals surface area contributed by atoms with Gasteiger partial charge < -0.3 is 15.2 Å². The van der Waals surface area contributed by atoms with Gasteiger partial charge in [0.1, 0.15) is 12.8 Å². The predicted molar refractivity (Wildman–Crippen MR) is 78.1 cm³/mol. The van der Waals surface area contributed by atoms with Gasteiger partial charge in [0.15, 0.2) is 11.9 Å². The van der Waals surface area contributed by atoms with Crippen LogP contribution in [0, 0.1) is 6.92 Å². The van der Waals surface area contributed by atoms with E-state index in [9.17, 15) is 9.59 Å². The smallest absolute Gasteiger partial charge is 0.316 e. The molecule has 0 saturated heterocycles. The van der Waals surface area contributed by atoms with E-state index in [1.807, 2.05) is 25.4 Å². The summed E-state index contributed by atoms with van der Waals surface area (Å²) in [5.74, 6) is 0.173. The Kier molecular flexibility index (Phi) is 5.24. The molecular formula is C15H19N4O3+. The van der Waals surface area contributed by atoms with Gasteiger partial charge in [-0.2, -0.15) is 4.57 Å². The zero-order valence-corrected chi connectivity index (χ0v) is 12.6. The van der Waals surface area contributed by atoms with Crippen LogP contribution in [-0.4, -0.2) is 30.1 Å². The minimum absolute atomic E-state index is 0.137. The molecule has 0 atom stereocenters. The van der Waals surface area contributed by atoms with Crippen molar-refractivity contribution in [2.24, 2.45) is 7.05 Å². The Bertz CT molecular complexity index is 666. The summed E-state index contributed by atoms with van der Waals surface area (Å²) < 4.78 is 6.59. The number of amides is 2. The molecular weight excluding hydrogens is 284 g/mol. The molecule has 0 aliphatic heterocycles. The van der Waals surface area contributed by atoms with Crippen LogP contribution in [0.4, 0.5) is 0 Å². The molecule has 2 aromatic rings. The first kappa shape index (κ1) is 15.7. The van der Waals surface area contributed by atoms with Crippen molar-refractivity contribution >= 4 is 11.8 Å². The van der Waals surface area contributed by atoms with Gasteiger partial charge in [-0.25, -0.2) is 0 Å². The van der Waals surface area contributed by atoms with Gasteiger partial charge in [-0.05, 0) is 19.4 Å². The van der Waals surface area contributed by atoms with Gasteiger partial charge >= 0.3 is 5.91 Å². The Morgan fingerprint density at radius 3 is 2.59 bits per heavy atom. The molecule has 0 aliphatic carbocycles. The molecule has 0 saturated carbocycles. The van der Waals surface area contributed by atoms with Gasteiger partial charge in [0.2, 0.25) is 0 Å². The second-order valence-corrected chi connectivity index (χ2v) is 4.88. The highest BCUT2D eigenvalue weighted by atomic mass is 16.5. The van der Waals surface area contributed by atoms with E-state index < -0.39 is 0 Å². The molecule has 0 aromatic carbocycles. The maximum atomic E-state index is 11.9. The van der Waals surface area contributed by atoms with E-state index in [1.54, 1.807) is 23.6 Å². The largest absolute Gasteiger partial charge is 0.361 e. The lowest BCUT2D eigenvalue weighted by Gasteiger charge is -2.05. The van der Waals surface area contributed by atoms with Crippen molar-refractivity contribution in [1.29, 1.82) is 0 Å². The normalized spacial score (nSPS) is 10.3. The Morgan fingerprint density at radius 1 is 1.23 bits per heavy atom. The van der Waals surface area contributed by atoms with Crippen LogP contribution in [0.1, 0.15) is 33.2 Å². The molecule has 2 N–H and O–H groups in total. The maximum Gasteiger partial charge on any atom is 0.316 e. The lowest BCUT2D eigenvalue weighted by atomic mass is 10.3. The number of carbonyl (C=O) groups excluding carboxylic acids is 2. The summed E-state index contributed by atoms with van der Waals surface area (Å²) in [6.45, 7) is 2.65. The Balaban J connectivity index is 1.68. The minimum Gasteiger partial charge on any atom is -0.361 e. The van der Waals surface area contributed by atoms with Crippen molar-refractivity contribution in [3.05, 3.63) is 47.6 Å². The van der Waals surface area contributed by atoms with E-state index in [-0.39, 0.29) is 17.5 Å². The molecule has 0 unspecified atom stereocenters. The van der Waals surface area contributed by atoms with Gasteiger partial charge in [0.05, 0.1) is 0 Å². The third kappa shape index (κ3) is 4.15. The van der Waals surface area contributed by atoms with E-state index >= 15 is 0 Å². The first-order valence-corrected chi connectivity index (χ1v) is 7.02.